The molecule has 0 fully saturated rings. The van der Waals surface area contributed by atoms with Crippen LogP contribution in [0.2, 0.25) is 0 Å². The number of fused-ring (bicyclic) bond motifs is 1. The molecular weight excluding hydrogens is 1640 g/mol. The fourth-order valence-corrected chi connectivity index (χ4v) is 13.5. The van der Waals surface area contributed by atoms with Gasteiger partial charge in [-0.3, -0.25) is 76.7 Å². The van der Waals surface area contributed by atoms with Crippen molar-refractivity contribution in [3.63, 3.8) is 0 Å². The third-order valence-corrected chi connectivity index (χ3v) is 20.7. The summed E-state index contributed by atoms with van der Waals surface area (Å²) >= 11 is 12.4. The Kier molecular flexibility index (Phi) is 44.6. The van der Waals surface area contributed by atoms with E-state index in [4.69, 9.17) is 17.2 Å². The third-order valence-electron chi connectivity index (χ3n) is 19.6. The summed E-state index contributed by atoms with van der Waals surface area (Å²) in [5, 5.41) is 66.0. The van der Waals surface area contributed by atoms with Crippen LogP contribution in [0.1, 0.15) is 88.0 Å². The lowest BCUT2D eigenvalue weighted by Gasteiger charge is -2.29. The molecule has 0 aliphatic carbocycles. The quantitative estimate of drug-likeness (QED) is 0.00747. The van der Waals surface area contributed by atoms with E-state index < -0.39 is 210 Å². The molecule has 5 aromatic rings. The highest BCUT2D eigenvalue weighted by Crippen LogP contribution is 2.21. The number of aromatic nitrogens is 1. The molecule has 5 rings (SSSR count). The van der Waals surface area contributed by atoms with E-state index in [1.54, 1.807) is 121 Å². The Labute approximate surface area is 722 Å². The molecule has 38 nitrogen and oxygen atoms in total. The average Bonchev–Trinajstić information content (AvgIpc) is 1.73. The van der Waals surface area contributed by atoms with Gasteiger partial charge in [0.1, 0.15) is 66.5 Å². The molecule has 0 saturated carbocycles. The van der Waals surface area contributed by atoms with E-state index in [-0.39, 0.29) is 81.7 Å². The number of benzene rings is 4. The van der Waals surface area contributed by atoms with Crippen molar-refractivity contribution in [1.29, 1.82) is 0 Å². The first-order chi connectivity index (χ1) is 58.3. The number of amides is 12. The first kappa shape index (κ1) is 102. The Morgan fingerprint density at radius 3 is 1.16 bits per heavy atom. The summed E-state index contributed by atoms with van der Waals surface area (Å²) in [5.41, 5.74) is 25.3. The molecule has 3 unspecified atom stereocenters. The summed E-state index contributed by atoms with van der Waals surface area (Å²) in [6.45, 7) is 2.27. The number of carbonyl (C=O) groups excluding carboxylic acids is 16. The fourth-order valence-electron chi connectivity index (χ4n) is 12.6. The van der Waals surface area contributed by atoms with E-state index in [1.165, 1.54) is 21.0 Å². The van der Waals surface area contributed by atoms with Crippen molar-refractivity contribution in [2.45, 2.75) is 188 Å². The van der Waals surface area contributed by atoms with Gasteiger partial charge in [0.05, 0.1) is 49.9 Å². The summed E-state index contributed by atoms with van der Waals surface area (Å²) in [7, 11) is 2.86. The molecule has 25 N–H and O–H groups in total. The maximum atomic E-state index is 15.4. The number of aliphatic hydroxyl groups excluding tert-OH is 3. The van der Waals surface area contributed by atoms with Gasteiger partial charge < -0.3 is 107 Å². The number of rotatable bonds is 57. The number of hydrazine groups is 1. The minimum absolute atomic E-state index is 0.0270. The van der Waals surface area contributed by atoms with E-state index in [1.807, 2.05) is 0 Å². The Hall–Kier alpha value is -10.6. The first-order valence-corrected chi connectivity index (χ1v) is 41.6. The highest BCUT2D eigenvalue weighted by molar-refractivity contribution is 7.80. The SMILES string of the molecule is CN[C@@H](CS)C(=O)C(=O)CNC(=O)[C@H](C)NN[C@@H](CS)C(=O)NC(CCCCN)C(=O)N[C@@H](CC(N)=O)C(=O)NC(Cc1ccccc1)C(=O)N[C@@H](Cc1ccccc1)C(=O)NC(Cc1c[nH]c2ccccc12)C(=O)N[C@@H](CCCCN)C(=O)N[C@H](C(=O)N[C@@H](Cc1ccccc1)C(=O)N[C@H](C(=O)N[C@@H](CO)C(=O)C(=O)[C@H](CS)NC)[C@@H](C)O)[C@@H](C)O. The van der Waals surface area contributed by atoms with Gasteiger partial charge in [0, 0.05) is 60.0 Å². The van der Waals surface area contributed by atoms with E-state index >= 15 is 14.4 Å². The zero-order chi connectivity index (χ0) is 90.1. The number of unbranched alkanes of at least 4 members (excludes halogenated alkanes) is 2. The van der Waals surface area contributed by atoms with Crippen molar-refractivity contribution in [2.75, 3.05) is 57.6 Å². The molecule has 666 valence electrons. The number of nitrogens with two attached hydrogens (primary N) is 3. The van der Waals surface area contributed by atoms with Crippen LogP contribution in [0.15, 0.2) is 121 Å². The molecule has 0 saturated heterocycles. The van der Waals surface area contributed by atoms with Crippen molar-refractivity contribution >= 4 is 143 Å². The van der Waals surface area contributed by atoms with Crippen LogP contribution in [0.5, 0.6) is 0 Å². The zero-order valence-corrected chi connectivity index (χ0v) is 71.1. The van der Waals surface area contributed by atoms with E-state index in [0.717, 1.165) is 13.8 Å². The molecule has 12 amide bonds. The summed E-state index contributed by atoms with van der Waals surface area (Å²) in [6, 6.07) is 10.5. The van der Waals surface area contributed by atoms with Crippen molar-refractivity contribution in [3.05, 3.63) is 144 Å². The maximum Gasteiger partial charge on any atom is 0.245 e. The molecule has 41 heteroatoms. The fraction of sp³-hybridized carbons (Fsp3) is 0.481. The van der Waals surface area contributed by atoms with Gasteiger partial charge in [0.2, 0.25) is 94.0 Å². The lowest BCUT2D eigenvalue weighted by molar-refractivity contribution is -0.141. The van der Waals surface area contributed by atoms with Gasteiger partial charge in [0.25, 0.3) is 0 Å². The third kappa shape index (κ3) is 33.0. The van der Waals surface area contributed by atoms with Crippen LogP contribution in [0.25, 0.3) is 10.9 Å². The summed E-state index contributed by atoms with van der Waals surface area (Å²) in [5.74, 6) is -16.5. The Morgan fingerprint density at radius 1 is 0.393 bits per heavy atom. The topological polar surface area (TPSA) is 608 Å². The van der Waals surface area contributed by atoms with Crippen molar-refractivity contribution in [2.24, 2.45) is 17.2 Å². The number of carbonyl (C=O) groups is 16. The van der Waals surface area contributed by atoms with E-state index in [2.05, 4.69) is 123 Å². The van der Waals surface area contributed by atoms with Gasteiger partial charge in [-0.05, 0) is 115 Å². The Balaban J connectivity index is 1.45. The highest BCUT2D eigenvalue weighted by atomic mass is 32.1. The second-order valence-electron chi connectivity index (χ2n) is 29.0. The lowest BCUT2D eigenvalue weighted by atomic mass is 10.00. The molecule has 1 aromatic heterocycles. The van der Waals surface area contributed by atoms with Crippen molar-refractivity contribution in [1.82, 2.24) is 85.0 Å². The van der Waals surface area contributed by atoms with Gasteiger partial charge in [0.15, 0.2) is 0 Å². The average molecular weight is 1760 g/mol. The predicted octanol–water partition coefficient (Wildman–Crippen LogP) is -5.62. The van der Waals surface area contributed by atoms with E-state index in [9.17, 15) is 77.6 Å². The second-order valence-corrected chi connectivity index (χ2v) is 30.1. The van der Waals surface area contributed by atoms with Crippen LogP contribution in [-0.4, -0.2) is 269 Å². The van der Waals surface area contributed by atoms with Gasteiger partial charge in [-0.15, -0.1) is 0 Å². The molecule has 0 aliphatic rings. The molecular formula is C81H115N19O19S3. The summed E-state index contributed by atoms with van der Waals surface area (Å²) in [6.07, 6.45) is -2.97. The molecule has 0 aliphatic heterocycles. The highest BCUT2D eigenvalue weighted by Gasteiger charge is 2.40. The minimum atomic E-state index is -1.91. The van der Waals surface area contributed by atoms with Crippen molar-refractivity contribution < 1.29 is 92.0 Å². The number of aliphatic hydroxyl groups is 3. The van der Waals surface area contributed by atoms with Crippen LogP contribution < -0.4 is 97.2 Å². The Morgan fingerprint density at radius 2 is 0.746 bits per heavy atom. The summed E-state index contributed by atoms with van der Waals surface area (Å²) in [4.78, 5) is 227. The minimum Gasteiger partial charge on any atom is -0.394 e. The monoisotopic (exact) mass is 1750 g/mol. The predicted molar refractivity (Wildman–Crippen MR) is 462 cm³/mol. The zero-order valence-electron chi connectivity index (χ0n) is 68.5. The molecule has 0 bridgehead atoms. The van der Waals surface area contributed by atoms with Gasteiger partial charge in [-0.2, -0.15) is 37.9 Å². The van der Waals surface area contributed by atoms with Crippen LogP contribution in [0.3, 0.4) is 0 Å². The number of para-hydroxylation sites is 1. The van der Waals surface area contributed by atoms with Crippen LogP contribution in [-0.2, 0) is 102 Å². The largest absolute Gasteiger partial charge is 0.394 e. The maximum absolute atomic E-state index is 15.4. The normalized spacial score (nSPS) is 15.2. The number of H-pyrrole nitrogens is 1. The number of hydrogen-bond donors (Lipinski definition) is 25. The molecule has 1 heterocycles. The number of primary amides is 1. The first-order valence-electron chi connectivity index (χ1n) is 39.7. The van der Waals surface area contributed by atoms with Gasteiger partial charge in [-0.1, -0.05) is 109 Å². The van der Waals surface area contributed by atoms with Crippen LogP contribution >= 0.6 is 37.9 Å². The molecule has 4 aromatic carbocycles. The summed E-state index contributed by atoms with van der Waals surface area (Å²) < 4.78 is 0. The molecule has 122 heavy (non-hydrogen) atoms. The number of nitrogens with one attached hydrogen (secondary N) is 16. The van der Waals surface area contributed by atoms with Crippen molar-refractivity contribution in [3.8, 4) is 0 Å². The molecule has 16 atom stereocenters. The van der Waals surface area contributed by atoms with Crippen LogP contribution in [0, 0.1) is 0 Å². The number of ketones is 4. The molecule has 0 spiro atoms. The number of hydrogen-bond acceptors (Lipinski definition) is 28. The smallest absolute Gasteiger partial charge is 0.245 e. The number of thiol groups is 3. The number of Topliss-reactive ketones (excluding diaryl/α,β-unsaturated/α-hetero) is 4. The number of likely N-dealkylation sites (N-methyl/N-ethyl adjacent to an activating group) is 2. The number of aromatic amines is 1. The van der Waals surface area contributed by atoms with Gasteiger partial charge >= 0.3 is 0 Å². The standard InChI is InChI=1S/C81H115N19O19S3/c1-44(71(109)88-39-64(104)68(106)61(41-120)85-4)99-100-63(43-122)79(117)90-53(29-17-19-31-82)72(110)94-59(37-65(84)105)77(115)92-55(33-47-21-9-6-10-22-47)74(112)91-56(34-48-23-11-7-12-24-48)75(113)93-58(36-50-38-87-52-28-16-15-27-51(50)52)76(114)89-54(30-18-20-32-83)73(111)97-66(45(2)102)80(118)95-57(35-49-25-13-8-14-26-49)78(116)98-67(46(3)103)81(119)96-60(40-101)69(107)70(108)62(42-121)86-5/h6-16,21-28,38,44-46,53-63,66-67,85-87,99-103,120-122H,17-20,29-37,39-43,82-83H2,1-5H3,(H2,84,105)(H,88,109)(H,89,114)(H,90,117)(H,91,112)(H,92,115)(H,93,113)(H,94,110)(H,95,118)(H,96,119)(H,97,111)(H,98,116)/t44-,45+,46+,53?,54-,55?,56-,57-,58?,59-,60-,61-,62-,63-,66-,67-/m0/s1. The van der Waals surface area contributed by atoms with E-state index in [0.29, 0.717) is 46.0 Å². The second kappa shape index (κ2) is 53.4. The lowest BCUT2D eigenvalue weighted by Crippen LogP contribution is -2.63. The van der Waals surface area contributed by atoms with Crippen LogP contribution in [0.4, 0.5) is 0 Å². The molecule has 0 radical (unpaired) electrons. The Bertz CT molecular complexity index is 4320. The van der Waals surface area contributed by atoms with Gasteiger partial charge in [-0.25, -0.2) is 10.9 Å².